The fourth-order valence-electron chi connectivity index (χ4n) is 3.28. The number of aliphatic carboxylic acids is 1. The molecule has 1 aromatic heterocycles. The Morgan fingerprint density at radius 2 is 2.14 bits per heavy atom. The number of nitrogens with one attached hydrogen (secondary N) is 1. The Hall–Kier alpha value is -1.99. The summed E-state index contributed by atoms with van der Waals surface area (Å²) in [5, 5.41) is 10.4. The smallest absolute Gasteiger partial charge is 0.475 e. The molecule has 3 heterocycles. The molecule has 2 fully saturated rings. The van der Waals surface area contributed by atoms with Crippen LogP contribution in [-0.4, -0.2) is 77.0 Å². The summed E-state index contributed by atoms with van der Waals surface area (Å²) in [6, 6.07) is 0.140. The van der Waals surface area contributed by atoms with Gasteiger partial charge >= 0.3 is 12.1 Å². The van der Waals surface area contributed by atoms with E-state index in [0.717, 1.165) is 25.1 Å². The number of aromatic nitrogens is 2. The first-order chi connectivity index (χ1) is 13.5. The lowest BCUT2D eigenvalue weighted by Gasteiger charge is -2.38. The van der Waals surface area contributed by atoms with Crippen molar-refractivity contribution < 1.29 is 36.2 Å². The fraction of sp³-hybridized carbons (Fsp3) is 0.688. The molecule has 2 N–H and O–H groups in total. The maximum absolute atomic E-state index is 12.1. The van der Waals surface area contributed by atoms with E-state index in [2.05, 4.69) is 15.3 Å². The van der Waals surface area contributed by atoms with E-state index in [9.17, 15) is 21.6 Å². The van der Waals surface area contributed by atoms with Crippen molar-refractivity contribution in [1.29, 1.82) is 0 Å². The molecule has 1 aromatic rings. The summed E-state index contributed by atoms with van der Waals surface area (Å²) in [6.07, 6.45) is 2.41. The minimum Gasteiger partial charge on any atom is -0.475 e. The van der Waals surface area contributed by atoms with Crippen LogP contribution in [0.2, 0.25) is 0 Å². The van der Waals surface area contributed by atoms with Gasteiger partial charge in [-0.25, -0.2) is 18.2 Å². The number of carboxylic acid groups (broad SMARTS) is 1. The number of anilines is 1. The first-order valence-corrected chi connectivity index (χ1v) is 10.5. The van der Waals surface area contributed by atoms with Gasteiger partial charge < -0.3 is 15.2 Å². The third kappa shape index (κ3) is 6.51. The second-order valence-corrected chi connectivity index (χ2v) is 9.03. The van der Waals surface area contributed by atoms with Crippen LogP contribution in [0.3, 0.4) is 0 Å². The molecule has 2 aliphatic heterocycles. The van der Waals surface area contributed by atoms with Gasteiger partial charge in [0.2, 0.25) is 10.0 Å². The molecular weight excluding hydrogens is 417 g/mol. The highest BCUT2D eigenvalue weighted by molar-refractivity contribution is 7.89. The summed E-state index contributed by atoms with van der Waals surface area (Å²) in [5.41, 5.74) is -0.361. The number of carbonyl (C=O) groups is 1. The Kier molecular flexibility index (Phi) is 7.40. The molecule has 0 aromatic carbocycles. The van der Waals surface area contributed by atoms with E-state index in [0.29, 0.717) is 19.7 Å². The second kappa shape index (κ2) is 9.22. The van der Waals surface area contributed by atoms with Crippen LogP contribution in [0.1, 0.15) is 26.2 Å². The zero-order valence-electron chi connectivity index (χ0n) is 15.7. The molecule has 0 bridgehead atoms. The third-order valence-electron chi connectivity index (χ3n) is 4.63. The molecule has 0 aliphatic carbocycles. The summed E-state index contributed by atoms with van der Waals surface area (Å²) in [7, 11) is -3.15. The van der Waals surface area contributed by atoms with Gasteiger partial charge in [0.05, 0.1) is 30.2 Å². The van der Waals surface area contributed by atoms with Gasteiger partial charge in [-0.3, -0.25) is 4.98 Å². The number of hydrogen-bond donors (Lipinski definition) is 2. The average molecular weight is 440 g/mol. The number of halogens is 3. The molecule has 9 nitrogen and oxygen atoms in total. The number of rotatable bonds is 4. The van der Waals surface area contributed by atoms with Crippen LogP contribution in [0.5, 0.6) is 0 Å². The zero-order valence-corrected chi connectivity index (χ0v) is 16.5. The van der Waals surface area contributed by atoms with Crippen LogP contribution < -0.4 is 5.32 Å². The van der Waals surface area contributed by atoms with E-state index in [1.165, 1.54) is 0 Å². The van der Waals surface area contributed by atoms with E-state index >= 15 is 0 Å². The predicted octanol–water partition coefficient (Wildman–Crippen LogP) is 1.49. The van der Waals surface area contributed by atoms with Gasteiger partial charge in [0, 0.05) is 31.9 Å². The summed E-state index contributed by atoms with van der Waals surface area (Å²) < 4.78 is 63.5. The predicted molar refractivity (Wildman–Crippen MR) is 96.7 cm³/mol. The number of sulfonamides is 1. The van der Waals surface area contributed by atoms with Crippen molar-refractivity contribution in [2.24, 2.45) is 0 Å². The van der Waals surface area contributed by atoms with Crippen LogP contribution >= 0.6 is 0 Å². The van der Waals surface area contributed by atoms with Crippen LogP contribution in [-0.2, 0) is 19.6 Å². The first kappa shape index (κ1) is 23.3. The van der Waals surface area contributed by atoms with Crippen LogP contribution in [0.15, 0.2) is 18.6 Å². The largest absolute Gasteiger partial charge is 0.490 e. The van der Waals surface area contributed by atoms with E-state index in [1.54, 1.807) is 29.8 Å². The highest BCUT2D eigenvalue weighted by atomic mass is 32.2. The molecule has 1 spiro atoms. The Morgan fingerprint density at radius 3 is 2.69 bits per heavy atom. The molecule has 2 unspecified atom stereocenters. The maximum Gasteiger partial charge on any atom is 0.490 e. The van der Waals surface area contributed by atoms with Crippen LogP contribution in [0.4, 0.5) is 19.0 Å². The Morgan fingerprint density at radius 1 is 1.45 bits per heavy atom. The Bertz CT molecular complexity index is 793. The number of alkyl halides is 3. The second-order valence-electron chi connectivity index (χ2n) is 6.77. The standard InChI is InChI=1S/C14H22N4O3S.C2HF3O2/c1-2-22(19,20)18-7-3-4-14(11-18)8-12(10-21-14)17-13-9-15-5-6-16-13;3-2(4,5)1(6)7/h5-6,9,12H,2-4,7-8,10-11H2,1H3,(H,16,17);(H,6,7). The van der Waals surface area contributed by atoms with Crippen LogP contribution in [0.25, 0.3) is 0 Å². The van der Waals surface area contributed by atoms with Crippen molar-refractivity contribution in [2.75, 3.05) is 30.8 Å². The van der Waals surface area contributed by atoms with E-state index in [4.69, 9.17) is 14.6 Å². The quantitative estimate of drug-likeness (QED) is 0.722. The van der Waals surface area contributed by atoms with Gasteiger partial charge in [0.15, 0.2) is 0 Å². The van der Waals surface area contributed by atoms with Crippen molar-refractivity contribution in [3.63, 3.8) is 0 Å². The highest BCUT2D eigenvalue weighted by Crippen LogP contribution is 2.36. The Balaban J connectivity index is 0.000000370. The molecule has 164 valence electrons. The van der Waals surface area contributed by atoms with Crippen molar-refractivity contribution in [2.45, 2.75) is 44.0 Å². The summed E-state index contributed by atoms with van der Waals surface area (Å²) >= 11 is 0. The Labute approximate surface area is 166 Å². The SMILES string of the molecule is CCS(=O)(=O)N1CCCC2(CC(Nc3cnccn3)CO2)C1.O=C(O)C(F)(F)F. The van der Waals surface area contributed by atoms with Gasteiger partial charge in [-0.15, -0.1) is 0 Å². The summed E-state index contributed by atoms with van der Waals surface area (Å²) in [4.78, 5) is 17.1. The number of ether oxygens (including phenoxy) is 1. The molecule has 13 heteroatoms. The number of hydrogen-bond acceptors (Lipinski definition) is 7. The lowest BCUT2D eigenvalue weighted by molar-refractivity contribution is -0.192. The van der Waals surface area contributed by atoms with Gasteiger partial charge in [-0.05, 0) is 19.8 Å². The van der Waals surface area contributed by atoms with Crippen molar-refractivity contribution in [1.82, 2.24) is 14.3 Å². The molecule has 0 saturated carbocycles. The molecule has 2 aliphatic rings. The molecule has 0 amide bonds. The fourth-order valence-corrected chi connectivity index (χ4v) is 4.49. The minimum absolute atomic E-state index is 0.140. The monoisotopic (exact) mass is 440 g/mol. The van der Waals surface area contributed by atoms with E-state index < -0.39 is 22.2 Å². The minimum atomic E-state index is -5.08. The van der Waals surface area contributed by atoms with E-state index in [1.807, 2.05) is 0 Å². The molecule has 0 radical (unpaired) electrons. The highest BCUT2D eigenvalue weighted by Gasteiger charge is 2.45. The van der Waals surface area contributed by atoms with Crippen LogP contribution in [0, 0.1) is 0 Å². The maximum atomic E-state index is 12.1. The number of nitrogens with zero attached hydrogens (tertiary/aromatic N) is 3. The van der Waals surface area contributed by atoms with Crippen molar-refractivity contribution >= 4 is 21.8 Å². The molecule has 2 saturated heterocycles. The molecule has 29 heavy (non-hydrogen) atoms. The van der Waals surface area contributed by atoms with Gasteiger partial charge in [0.25, 0.3) is 0 Å². The van der Waals surface area contributed by atoms with Gasteiger partial charge in [0.1, 0.15) is 5.82 Å². The molecular formula is C16H23F3N4O5S. The summed E-state index contributed by atoms with van der Waals surface area (Å²) in [5.74, 6) is -1.89. The lowest BCUT2D eigenvalue weighted by Crippen LogP contribution is -2.50. The number of piperidine rings is 1. The number of carboxylic acids is 1. The lowest BCUT2D eigenvalue weighted by atomic mass is 9.90. The van der Waals surface area contributed by atoms with Gasteiger partial charge in [-0.1, -0.05) is 0 Å². The first-order valence-electron chi connectivity index (χ1n) is 8.92. The van der Waals surface area contributed by atoms with Gasteiger partial charge in [-0.2, -0.15) is 17.5 Å². The molecule has 2 atom stereocenters. The van der Waals surface area contributed by atoms with E-state index in [-0.39, 0.29) is 17.4 Å². The summed E-state index contributed by atoms with van der Waals surface area (Å²) in [6.45, 7) is 3.31. The van der Waals surface area contributed by atoms with Crippen molar-refractivity contribution in [3.05, 3.63) is 18.6 Å². The third-order valence-corrected chi connectivity index (χ3v) is 6.46. The normalized spacial score (nSPS) is 25.3. The molecule has 3 rings (SSSR count). The average Bonchev–Trinajstić information content (AvgIpc) is 3.04. The zero-order chi connectivity index (χ0) is 21.7. The topological polar surface area (TPSA) is 122 Å². The van der Waals surface area contributed by atoms with Crippen molar-refractivity contribution in [3.8, 4) is 0 Å².